The van der Waals surface area contributed by atoms with E-state index in [1.165, 1.54) is 0 Å². The summed E-state index contributed by atoms with van der Waals surface area (Å²) < 4.78 is 0. The second-order valence-electron chi connectivity index (χ2n) is 4.44. The molecule has 0 aromatic rings. The van der Waals surface area contributed by atoms with Crippen LogP contribution in [-0.2, 0) is 4.79 Å². The molecular formula is C11H21N3O3. The van der Waals surface area contributed by atoms with Crippen molar-refractivity contribution in [2.45, 2.75) is 32.6 Å². The Hall–Kier alpha value is -1.30. The maximum Gasteiger partial charge on any atom is 0.236 e. The van der Waals surface area contributed by atoms with Gasteiger partial charge in [0, 0.05) is 13.1 Å². The summed E-state index contributed by atoms with van der Waals surface area (Å²) in [4.78, 5) is 14.0. The first kappa shape index (κ1) is 13.8. The predicted molar refractivity (Wildman–Crippen MR) is 63.6 cm³/mol. The molecular weight excluding hydrogens is 222 g/mol. The molecule has 98 valence electrons. The van der Waals surface area contributed by atoms with Gasteiger partial charge in [0.15, 0.2) is 5.84 Å². The van der Waals surface area contributed by atoms with E-state index in [-0.39, 0.29) is 18.3 Å². The fraction of sp³-hybridized carbons (Fsp3) is 0.818. The summed E-state index contributed by atoms with van der Waals surface area (Å²) in [6.45, 7) is 2.78. The lowest BCUT2D eigenvalue weighted by Gasteiger charge is -2.42. The zero-order chi connectivity index (χ0) is 12.9. The third-order valence-corrected chi connectivity index (χ3v) is 3.37. The second kappa shape index (κ2) is 5.86. The first-order valence-corrected chi connectivity index (χ1v) is 6.00. The molecule has 0 heterocycles. The van der Waals surface area contributed by atoms with Gasteiger partial charge in [0.05, 0.1) is 6.61 Å². The van der Waals surface area contributed by atoms with Gasteiger partial charge in [-0.15, -0.1) is 0 Å². The number of oxime groups is 1. The number of nitrogens with two attached hydrogens (primary N) is 1. The number of aliphatic hydroxyl groups excluding tert-OH is 1. The van der Waals surface area contributed by atoms with E-state index in [2.05, 4.69) is 5.16 Å². The van der Waals surface area contributed by atoms with E-state index >= 15 is 0 Å². The van der Waals surface area contributed by atoms with E-state index in [0.29, 0.717) is 25.9 Å². The van der Waals surface area contributed by atoms with Gasteiger partial charge in [0.1, 0.15) is 5.41 Å². The van der Waals surface area contributed by atoms with Crippen molar-refractivity contribution in [1.29, 1.82) is 0 Å². The molecule has 6 heteroatoms. The summed E-state index contributed by atoms with van der Waals surface area (Å²) in [6, 6.07) is 0. The lowest BCUT2D eigenvalue weighted by Crippen LogP contribution is -2.55. The summed E-state index contributed by atoms with van der Waals surface area (Å²) >= 11 is 0. The highest BCUT2D eigenvalue weighted by Gasteiger charge is 2.50. The van der Waals surface area contributed by atoms with E-state index < -0.39 is 5.41 Å². The zero-order valence-electron chi connectivity index (χ0n) is 10.2. The number of carbonyl (C=O) groups excluding carboxylic acids is 1. The van der Waals surface area contributed by atoms with Gasteiger partial charge < -0.3 is 20.9 Å². The Kier molecular flexibility index (Phi) is 4.74. The number of rotatable bonds is 6. The Morgan fingerprint density at radius 1 is 1.47 bits per heavy atom. The highest BCUT2D eigenvalue weighted by atomic mass is 16.4. The van der Waals surface area contributed by atoms with Gasteiger partial charge in [0.2, 0.25) is 5.91 Å². The molecule has 0 spiro atoms. The molecule has 1 rings (SSSR count). The summed E-state index contributed by atoms with van der Waals surface area (Å²) in [6.07, 6.45) is 2.96. The van der Waals surface area contributed by atoms with Crippen molar-refractivity contribution < 1.29 is 15.1 Å². The molecule has 0 aromatic carbocycles. The monoisotopic (exact) mass is 243 g/mol. The van der Waals surface area contributed by atoms with Crippen LogP contribution in [0.15, 0.2) is 5.16 Å². The second-order valence-corrected chi connectivity index (χ2v) is 4.44. The van der Waals surface area contributed by atoms with Crippen molar-refractivity contribution in [1.82, 2.24) is 4.90 Å². The third kappa shape index (κ3) is 2.52. The van der Waals surface area contributed by atoms with Crippen LogP contribution in [0.3, 0.4) is 0 Å². The number of amides is 1. The Bertz CT molecular complexity index is 294. The molecule has 1 aliphatic carbocycles. The molecule has 0 aromatic heterocycles. The molecule has 4 N–H and O–H groups in total. The number of hydrogen-bond donors (Lipinski definition) is 3. The SMILES string of the molecule is CCCN(CCO)C(=O)C1(C(N)=NO)CCC1. The van der Waals surface area contributed by atoms with Crippen molar-refractivity contribution in [3.8, 4) is 0 Å². The first-order chi connectivity index (χ1) is 8.12. The van der Waals surface area contributed by atoms with Crippen molar-refractivity contribution in [3.63, 3.8) is 0 Å². The quantitative estimate of drug-likeness (QED) is 0.267. The van der Waals surface area contributed by atoms with Crippen molar-refractivity contribution >= 4 is 11.7 Å². The number of amidine groups is 1. The topological polar surface area (TPSA) is 99.2 Å². The fourth-order valence-corrected chi connectivity index (χ4v) is 2.21. The van der Waals surface area contributed by atoms with Crippen LogP contribution in [0.5, 0.6) is 0 Å². The number of carbonyl (C=O) groups is 1. The van der Waals surface area contributed by atoms with Crippen LogP contribution in [0.25, 0.3) is 0 Å². The van der Waals surface area contributed by atoms with Gasteiger partial charge >= 0.3 is 0 Å². The molecule has 17 heavy (non-hydrogen) atoms. The van der Waals surface area contributed by atoms with Gasteiger partial charge in [-0.2, -0.15) is 0 Å². The number of nitrogens with zero attached hydrogens (tertiary/aromatic N) is 2. The van der Waals surface area contributed by atoms with Gasteiger partial charge in [-0.1, -0.05) is 18.5 Å². The maximum absolute atomic E-state index is 12.4. The minimum atomic E-state index is -0.834. The Balaban J connectivity index is 2.83. The largest absolute Gasteiger partial charge is 0.409 e. The van der Waals surface area contributed by atoms with Crippen molar-refractivity contribution in [3.05, 3.63) is 0 Å². The van der Waals surface area contributed by atoms with E-state index in [9.17, 15) is 4.79 Å². The minimum absolute atomic E-state index is 0.00667. The summed E-state index contributed by atoms with van der Waals surface area (Å²) in [7, 11) is 0. The summed E-state index contributed by atoms with van der Waals surface area (Å²) in [5.74, 6) is -0.136. The van der Waals surface area contributed by atoms with Crippen LogP contribution < -0.4 is 5.73 Å². The standard InChI is InChI=1S/C11H21N3O3/c1-2-6-14(7-8-15)10(16)11(4-3-5-11)9(12)13-17/h15,17H,2-8H2,1H3,(H2,12,13). The van der Waals surface area contributed by atoms with E-state index in [1.54, 1.807) is 4.90 Å². The highest BCUT2D eigenvalue weighted by Crippen LogP contribution is 2.42. The Labute approximate surface area is 101 Å². The maximum atomic E-state index is 12.4. The molecule has 1 fully saturated rings. The molecule has 0 aliphatic heterocycles. The van der Waals surface area contributed by atoms with Crippen LogP contribution in [0.4, 0.5) is 0 Å². The normalized spacial score (nSPS) is 18.6. The van der Waals surface area contributed by atoms with Crippen LogP contribution >= 0.6 is 0 Å². The van der Waals surface area contributed by atoms with Gasteiger partial charge in [-0.05, 0) is 19.3 Å². The minimum Gasteiger partial charge on any atom is -0.409 e. The van der Waals surface area contributed by atoms with Crippen LogP contribution in [0.2, 0.25) is 0 Å². The van der Waals surface area contributed by atoms with Crippen LogP contribution in [0.1, 0.15) is 32.6 Å². The average Bonchev–Trinajstić information content (AvgIpc) is 2.26. The first-order valence-electron chi connectivity index (χ1n) is 6.00. The molecule has 1 aliphatic rings. The Morgan fingerprint density at radius 2 is 2.12 bits per heavy atom. The molecule has 0 radical (unpaired) electrons. The van der Waals surface area contributed by atoms with Crippen LogP contribution in [-0.4, -0.2) is 46.7 Å². The summed E-state index contributed by atoms with van der Waals surface area (Å²) in [5.41, 5.74) is 4.80. The molecule has 6 nitrogen and oxygen atoms in total. The van der Waals surface area contributed by atoms with Crippen molar-refractivity contribution in [2.75, 3.05) is 19.7 Å². The van der Waals surface area contributed by atoms with E-state index in [0.717, 1.165) is 12.8 Å². The highest BCUT2D eigenvalue weighted by molar-refractivity contribution is 6.07. The van der Waals surface area contributed by atoms with Gasteiger partial charge in [-0.25, -0.2) is 0 Å². The van der Waals surface area contributed by atoms with Crippen molar-refractivity contribution in [2.24, 2.45) is 16.3 Å². The fourth-order valence-electron chi connectivity index (χ4n) is 2.21. The Morgan fingerprint density at radius 3 is 2.47 bits per heavy atom. The zero-order valence-corrected chi connectivity index (χ0v) is 10.2. The van der Waals surface area contributed by atoms with E-state index in [1.807, 2.05) is 6.92 Å². The lowest BCUT2D eigenvalue weighted by molar-refractivity contribution is -0.142. The average molecular weight is 243 g/mol. The molecule has 0 saturated heterocycles. The molecule has 0 bridgehead atoms. The smallest absolute Gasteiger partial charge is 0.236 e. The molecule has 1 saturated carbocycles. The molecule has 1 amide bonds. The van der Waals surface area contributed by atoms with Gasteiger partial charge in [-0.3, -0.25) is 4.79 Å². The third-order valence-electron chi connectivity index (χ3n) is 3.37. The van der Waals surface area contributed by atoms with E-state index in [4.69, 9.17) is 16.0 Å². The van der Waals surface area contributed by atoms with Crippen LogP contribution in [0, 0.1) is 5.41 Å². The predicted octanol–water partition coefficient (Wildman–Crippen LogP) is 0.134. The summed E-state index contributed by atoms with van der Waals surface area (Å²) in [5, 5.41) is 20.7. The van der Waals surface area contributed by atoms with Gasteiger partial charge in [0.25, 0.3) is 0 Å². The molecule has 0 unspecified atom stereocenters. The number of aliphatic hydroxyl groups is 1. The molecule has 0 atom stereocenters. The number of hydrogen-bond acceptors (Lipinski definition) is 4. The lowest BCUT2D eigenvalue weighted by atomic mass is 9.67.